The summed E-state index contributed by atoms with van der Waals surface area (Å²) in [5, 5.41) is 0. The summed E-state index contributed by atoms with van der Waals surface area (Å²) in [6.45, 7) is 0. The molecular formula is C10H9FN2O. The molecule has 0 fully saturated rings. The van der Waals surface area contributed by atoms with Gasteiger partial charge in [0.25, 0.3) is 0 Å². The average Bonchev–Trinajstić information content (AvgIpc) is 2.23. The van der Waals surface area contributed by atoms with E-state index in [0.717, 1.165) is 0 Å². The van der Waals surface area contributed by atoms with Gasteiger partial charge in [-0.1, -0.05) is 0 Å². The van der Waals surface area contributed by atoms with Gasteiger partial charge in [-0.25, -0.2) is 4.39 Å². The second-order valence-corrected chi connectivity index (χ2v) is 3.05. The van der Waals surface area contributed by atoms with Gasteiger partial charge >= 0.3 is 0 Å². The lowest BCUT2D eigenvalue weighted by atomic mass is 10.2. The summed E-state index contributed by atoms with van der Waals surface area (Å²) in [6.07, 6.45) is 4.79. The normalized spacial score (nSPS) is 16.8. The molecule has 0 aliphatic carbocycles. The molecule has 72 valence electrons. The molecule has 0 radical (unpaired) electrons. The van der Waals surface area contributed by atoms with E-state index >= 15 is 0 Å². The molecule has 0 saturated carbocycles. The molecule has 0 aromatic carbocycles. The highest BCUT2D eigenvalue weighted by atomic mass is 19.1. The second-order valence-electron chi connectivity index (χ2n) is 3.05. The first-order valence-electron chi connectivity index (χ1n) is 4.35. The summed E-state index contributed by atoms with van der Waals surface area (Å²) in [5.41, 5.74) is 0.604. The van der Waals surface area contributed by atoms with E-state index < -0.39 is 0 Å². The number of rotatable bonds is 1. The summed E-state index contributed by atoms with van der Waals surface area (Å²) < 4.78 is 12.9. The number of hydrogen-bond donors (Lipinski definition) is 0. The maximum Gasteiger partial charge on any atom is 0.231 e. The van der Waals surface area contributed by atoms with Crippen molar-refractivity contribution < 1.29 is 9.18 Å². The molecule has 0 spiro atoms. The molecule has 2 heterocycles. The van der Waals surface area contributed by atoms with Gasteiger partial charge in [0.15, 0.2) is 0 Å². The van der Waals surface area contributed by atoms with Crippen LogP contribution in [-0.4, -0.2) is 10.9 Å². The van der Waals surface area contributed by atoms with Crippen LogP contribution in [0.4, 0.5) is 10.1 Å². The van der Waals surface area contributed by atoms with E-state index in [1.807, 2.05) is 0 Å². The molecular weight excluding hydrogens is 183 g/mol. The third kappa shape index (κ3) is 1.64. The molecule has 3 nitrogen and oxygen atoms in total. The Morgan fingerprint density at radius 1 is 1.43 bits per heavy atom. The van der Waals surface area contributed by atoms with Gasteiger partial charge in [0, 0.05) is 25.2 Å². The van der Waals surface area contributed by atoms with Crippen LogP contribution in [0.1, 0.15) is 12.8 Å². The minimum absolute atomic E-state index is 0.0978. The van der Waals surface area contributed by atoms with Gasteiger partial charge in [0.2, 0.25) is 5.91 Å². The fourth-order valence-corrected chi connectivity index (χ4v) is 1.34. The Labute approximate surface area is 80.9 Å². The summed E-state index contributed by atoms with van der Waals surface area (Å²) in [7, 11) is 0. The third-order valence-electron chi connectivity index (χ3n) is 2.04. The maximum absolute atomic E-state index is 12.9. The Balaban J connectivity index is 2.34. The van der Waals surface area contributed by atoms with Crippen LogP contribution < -0.4 is 4.90 Å². The van der Waals surface area contributed by atoms with Crippen molar-refractivity contribution in [1.29, 1.82) is 0 Å². The summed E-state index contributed by atoms with van der Waals surface area (Å²) in [4.78, 5) is 16.6. The Morgan fingerprint density at radius 3 is 3.00 bits per heavy atom. The van der Waals surface area contributed by atoms with E-state index in [1.54, 1.807) is 18.3 Å². The van der Waals surface area contributed by atoms with Crippen LogP contribution >= 0.6 is 0 Å². The van der Waals surface area contributed by atoms with Gasteiger partial charge in [0.1, 0.15) is 5.83 Å². The monoisotopic (exact) mass is 192 g/mol. The number of hydrogen-bond acceptors (Lipinski definition) is 2. The standard InChI is InChI=1S/C10H9FN2O/c11-8-3-4-10(14)13(7-8)9-2-1-5-12-6-9/h1-2,5-7H,3-4H2. The molecule has 0 bridgehead atoms. The van der Waals surface area contributed by atoms with E-state index in [1.165, 1.54) is 17.3 Å². The highest BCUT2D eigenvalue weighted by Gasteiger charge is 2.19. The van der Waals surface area contributed by atoms with Gasteiger partial charge in [-0.15, -0.1) is 0 Å². The maximum atomic E-state index is 12.9. The lowest BCUT2D eigenvalue weighted by molar-refractivity contribution is -0.118. The van der Waals surface area contributed by atoms with E-state index in [2.05, 4.69) is 4.98 Å². The van der Waals surface area contributed by atoms with Gasteiger partial charge in [-0.2, -0.15) is 0 Å². The lowest BCUT2D eigenvalue weighted by Gasteiger charge is -2.21. The van der Waals surface area contributed by atoms with Crippen molar-refractivity contribution in [2.75, 3.05) is 4.90 Å². The Hall–Kier alpha value is -1.71. The number of pyridine rings is 1. The molecule has 0 saturated heterocycles. The van der Waals surface area contributed by atoms with Crippen molar-refractivity contribution in [3.63, 3.8) is 0 Å². The predicted octanol–water partition coefficient (Wildman–Crippen LogP) is 2.02. The first-order chi connectivity index (χ1) is 6.77. The highest BCUT2D eigenvalue weighted by Crippen LogP contribution is 2.22. The molecule has 0 atom stereocenters. The minimum atomic E-state index is -0.270. The molecule has 4 heteroatoms. The van der Waals surface area contributed by atoms with E-state index in [9.17, 15) is 9.18 Å². The van der Waals surface area contributed by atoms with Gasteiger partial charge < -0.3 is 0 Å². The van der Waals surface area contributed by atoms with Crippen molar-refractivity contribution >= 4 is 11.6 Å². The van der Waals surface area contributed by atoms with Crippen LogP contribution in [0.2, 0.25) is 0 Å². The topological polar surface area (TPSA) is 33.2 Å². The fourth-order valence-electron chi connectivity index (χ4n) is 1.34. The van der Waals surface area contributed by atoms with Crippen molar-refractivity contribution in [1.82, 2.24) is 4.98 Å². The third-order valence-corrected chi connectivity index (χ3v) is 2.04. The van der Waals surface area contributed by atoms with E-state index in [4.69, 9.17) is 0 Å². The molecule has 1 amide bonds. The highest BCUT2D eigenvalue weighted by molar-refractivity contribution is 5.96. The van der Waals surface area contributed by atoms with Gasteiger partial charge in [-0.05, 0) is 12.1 Å². The molecule has 0 N–H and O–H groups in total. The number of nitrogens with zero attached hydrogens (tertiary/aromatic N) is 2. The molecule has 1 aromatic rings. The second kappa shape index (κ2) is 3.57. The van der Waals surface area contributed by atoms with Crippen LogP contribution in [-0.2, 0) is 4.79 Å². The minimum Gasteiger partial charge on any atom is -0.284 e. The number of aromatic nitrogens is 1. The molecule has 0 unspecified atom stereocenters. The first-order valence-corrected chi connectivity index (χ1v) is 4.35. The zero-order valence-electron chi connectivity index (χ0n) is 7.48. The number of allylic oxidation sites excluding steroid dienone is 1. The van der Waals surface area contributed by atoms with Crippen LogP contribution in [0, 0.1) is 0 Å². The van der Waals surface area contributed by atoms with E-state index in [-0.39, 0.29) is 24.6 Å². The van der Waals surface area contributed by atoms with Crippen molar-refractivity contribution in [3.8, 4) is 0 Å². The Bertz CT molecular complexity index is 375. The summed E-state index contributed by atoms with van der Waals surface area (Å²) in [5.74, 6) is -0.368. The largest absolute Gasteiger partial charge is 0.284 e. The Morgan fingerprint density at radius 2 is 2.29 bits per heavy atom. The summed E-state index contributed by atoms with van der Waals surface area (Å²) in [6, 6.07) is 3.43. The average molecular weight is 192 g/mol. The van der Waals surface area contributed by atoms with Crippen LogP contribution in [0.25, 0.3) is 0 Å². The molecule has 1 aromatic heterocycles. The smallest absolute Gasteiger partial charge is 0.231 e. The zero-order valence-corrected chi connectivity index (χ0v) is 7.48. The van der Waals surface area contributed by atoms with Crippen LogP contribution in [0.15, 0.2) is 36.6 Å². The van der Waals surface area contributed by atoms with Crippen molar-refractivity contribution in [3.05, 3.63) is 36.6 Å². The quantitative estimate of drug-likeness (QED) is 0.682. The zero-order chi connectivity index (χ0) is 9.97. The number of amides is 1. The van der Waals surface area contributed by atoms with Crippen LogP contribution in [0.3, 0.4) is 0 Å². The van der Waals surface area contributed by atoms with Gasteiger partial charge in [-0.3, -0.25) is 14.7 Å². The van der Waals surface area contributed by atoms with Gasteiger partial charge in [0.05, 0.1) is 11.9 Å². The van der Waals surface area contributed by atoms with Crippen LogP contribution in [0.5, 0.6) is 0 Å². The van der Waals surface area contributed by atoms with E-state index in [0.29, 0.717) is 5.69 Å². The number of carbonyl (C=O) groups excluding carboxylic acids is 1. The molecule has 2 rings (SSSR count). The number of halogens is 1. The molecule has 14 heavy (non-hydrogen) atoms. The predicted molar refractivity (Wildman–Crippen MR) is 50.1 cm³/mol. The SMILES string of the molecule is O=C1CCC(F)=CN1c1cccnc1. The lowest BCUT2D eigenvalue weighted by Crippen LogP contribution is -2.28. The molecule has 1 aliphatic heterocycles. The van der Waals surface area contributed by atoms with Crippen molar-refractivity contribution in [2.24, 2.45) is 0 Å². The van der Waals surface area contributed by atoms with Crippen molar-refractivity contribution in [2.45, 2.75) is 12.8 Å². The Kier molecular flexibility index (Phi) is 2.26. The summed E-state index contributed by atoms with van der Waals surface area (Å²) >= 11 is 0. The molecule has 1 aliphatic rings. The first kappa shape index (κ1) is 8.87. The fraction of sp³-hybridized carbons (Fsp3) is 0.200. The number of anilines is 1. The number of carbonyl (C=O) groups is 1.